The van der Waals surface area contributed by atoms with E-state index in [4.69, 9.17) is 10.5 Å². The van der Waals surface area contributed by atoms with Crippen LogP contribution >= 0.6 is 15.9 Å². The molecule has 6 heteroatoms. The number of benzene rings is 2. The summed E-state index contributed by atoms with van der Waals surface area (Å²) in [6, 6.07) is 5.95. The summed E-state index contributed by atoms with van der Waals surface area (Å²) in [5.41, 5.74) is 6.03. The third kappa shape index (κ3) is 3.98. The second-order valence-corrected chi connectivity index (χ2v) is 5.60. The number of hydrogen-bond acceptors (Lipinski definition) is 2. The molecule has 1 unspecified atom stereocenters. The highest BCUT2D eigenvalue weighted by Crippen LogP contribution is 2.30. The van der Waals surface area contributed by atoms with Gasteiger partial charge in [0.1, 0.15) is 11.6 Å². The van der Waals surface area contributed by atoms with Crippen LogP contribution in [0.15, 0.2) is 34.8 Å². The van der Waals surface area contributed by atoms with E-state index in [9.17, 15) is 13.2 Å². The van der Waals surface area contributed by atoms with Crippen molar-refractivity contribution in [2.75, 3.05) is 0 Å². The van der Waals surface area contributed by atoms with Crippen molar-refractivity contribution >= 4 is 15.9 Å². The Balaban J connectivity index is 2.29. The molecule has 0 aromatic heterocycles. The lowest BCUT2D eigenvalue weighted by Crippen LogP contribution is -2.18. The van der Waals surface area contributed by atoms with E-state index in [1.54, 1.807) is 6.92 Å². The summed E-state index contributed by atoms with van der Waals surface area (Å²) in [4.78, 5) is 0. The summed E-state index contributed by atoms with van der Waals surface area (Å²) in [5, 5.41) is 0. The molecule has 112 valence electrons. The zero-order valence-corrected chi connectivity index (χ0v) is 12.8. The Bertz CT molecular complexity index is 638. The van der Waals surface area contributed by atoms with Crippen molar-refractivity contribution in [3.05, 3.63) is 57.8 Å². The van der Waals surface area contributed by atoms with Crippen LogP contribution in [0.5, 0.6) is 11.5 Å². The van der Waals surface area contributed by atoms with E-state index < -0.39 is 23.2 Å². The number of rotatable bonds is 4. The monoisotopic (exact) mass is 359 g/mol. The van der Waals surface area contributed by atoms with Crippen LogP contribution in [0.3, 0.4) is 0 Å². The first kappa shape index (κ1) is 15.9. The Hall–Kier alpha value is -1.53. The quantitative estimate of drug-likeness (QED) is 0.868. The average Bonchev–Trinajstić information content (AvgIpc) is 2.37. The molecule has 2 N–H and O–H groups in total. The molecule has 2 aromatic rings. The van der Waals surface area contributed by atoms with Crippen molar-refractivity contribution in [3.63, 3.8) is 0 Å². The molecule has 1 atom stereocenters. The molecule has 2 nitrogen and oxygen atoms in total. The molecule has 0 aliphatic rings. The summed E-state index contributed by atoms with van der Waals surface area (Å²) < 4.78 is 46.5. The molecule has 0 bridgehead atoms. The lowest BCUT2D eigenvalue weighted by atomic mass is 10.1. The van der Waals surface area contributed by atoms with E-state index in [-0.39, 0.29) is 16.3 Å². The van der Waals surface area contributed by atoms with E-state index in [0.29, 0.717) is 12.0 Å². The van der Waals surface area contributed by atoms with Crippen molar-refractivity contribution in [1.29, 1.82) is 0 Å². The van der Waals surface area contributed by atoms with Crippen LogP contribution in [0, 0.1) is 17.5 Å². The molecule has 21 heavy (non-hydrogen) atoms. The Morgan fingerprint density at radius 3 is 2.24 bits per heavy atom. The van der Waals surface area contributed by atoms with E-state index in [1.165, 1.54) is 12.1 Å². The lowest BCUT2D eigenvalue weighted by Gasteiger charge is -2.11. The second-order valence-electron chi connectivity index (χ2n) is 4.75. The van der Waals surface area contributed by atoms with Gasteiger partial charge in [0.15, 0.2) is 17.4 Å². The van der Waals surface area contributed by atoms with Crippen LogP contribution in [-0.2, 0) is 6.42 Å². The first-order valence-electron chi connectivity index (χ1n) is 6.23. The zero-order valence-electron chi connectivity index (χ0n) is 11.2. The van der Waals surface area contributed by atoms with Crippen molar-refractivity contribution < 1.29 is 17.9 Å². The molecule has 2 rings (SSSR count). The van der Waals surface area contributed by atoms with Crippen LogP contribution in [-0.4, -0.2) is 6.04 Å². The van der Waals surface area contributed by atoms with E-state index in [0.717, 1.165) is 18.2 Å². The first-order chi connectivity index (χ1) is 9.86. The predicted octanol–water partition coefficient (Wildman–Crippen LogP) is 4.55. The Kier molecular flexibility index (Phi) is 4.90. The van der Waals surface area contributed by atoms with Crippen LogP contribution in [0.25, 0.3) is 0 Å². The highest BCUT2D eigenvalue weighted by atomic mass is 79.9. The van der Waals surface area contributed by atoms with Gasteiger partial charge in [-0.05, 0) is 59.1 Å². The van der Waals surface area contributed by atoms with Gasteiger partial charge in [-0.1, -0.05) is 0 Å². The molecule has 0 aliphatic carbocycles. The molecule has 0 radical (unpaired) electrons. The van der Waals surface area contributed by atoms with Crippen LogP contribution in [0.4, 0.5) is 13.2 Å². The molecule has 0 saturated carbocycles. The van der Waals surface area contributed by atoms with Gasteiger partial charge >= 0.3 is 0 Å². The summed E-state index contributed by atoms with van der Waals surface area (Å²) in [5.74, 6) is -2.84. The second kappa shape index (κ2) is 6.49. The molecule has 0 amide bonds. The molecule has 0 aliphatic heterocycles. The summed E-state index contributed by atoms with van der Waals surface area (Å²) in [6.45, 7) is 1.74. The van der Waals surface area contributed by atoms with Gasteiger partial charge in [-0.2, -0.15) is 0 Å². The minimum absolute atomic E-state index is 0.00782. The fraction of sp³-hybridized carbons (Fsp3) is 0.200. The fourth-order valence-corrected chi connectivity index (χ4v) is 2.10. The Morgan fingerprint density at radius 2 is 1.71 bits per heavy atom. The predicted molar refractivity (Wildman–Crippen MR) is 77.9 cm³/mol. The highest BCUT2D eigenvalue weighted by molar-refractivity contribution is 9.10. The number of hydrogen-bond donors (Lipinski definition) is 1. The van der Waals surface area contributed by atoms with E-state index in [1.807, 2.05) is 0 Å². The molecule has 0 heterocycles. The van der Waals surface area contributed by atoms with Crippen molar-refractivity contribution in [2.45, 2.75) is 19.4 Å². The smallest absolute Gasteiger partial charge is 0.198 e. The maximum Gasteiger partial charge on any atom is 0.198 e. The van der Waals surface area contributed by atoms with Gasteiger partial charge in [0.25, 0.3) is 0 Å². The van der Waals surface area contributed by atoms with E-state index in [2.05, 4.69) is 15.9 Å². The van der Waals surface area contributed by atoms with Crippen LogP contribution in [0.1, 0.15) is 12.5 Å². The summed E-state index contributed by atoms with van der Waals surface area (Å²) in [7, 11) is 0. The van der Waals surface area contributed by atoms with Crippen molar-refractivity contribution in [2.24, 2.45) is 5.73 Å². The molecule has 0 spiro atoms. The van der Waals surface area contributed by atoms with Gasteiger partial charge in [0.05, 0.1) is 4.47 Å². The van der Waals surface area contributed by atoms with Gasteiger partial charge in [-0.15, -0.1) is 0 Å². The number of ether oxygens (including phenoxy) is 1. The minimum atomic E-state index is -0.853. The topological polar surface area (TPSA) is 35.2 Å². The van der Waals surface area contributed by atoms with Crippen molar-refractivity contribution in [3.8, 4) is 11.5 Å². The van der Waals surface area contributed by atoms with E-state index >= 15 is 0 Å². The number of halogens is 4. The maximum absolute atomic E-state index is 13.9. The maximum atomic E-state index is 13.9. The zero-order chi connectivity index (χ0) is 15.6. The minimum Gasteiger partial charge on any atom is -0.451 e. The Labute approximate surface area is 128 Å². The summed E-state index contributed by atoms with van der Waals surface area (Å²) >= 11 is 2.99. The van der Waals surface area contributed by atoms with Gasteiger partial charge in [0, 0.05) is 12.1 Å². The van der Waals surface area contributed by atoms with Crippen LogP contribution in [0.2, 0.25) is 0 Å². The van der Waals surface area contributed by atoms with Gasteiger partial charge in [-0.3, -0.25) is 0 Å². The third-order valence-corrected chi connectivity index (χ3v) is 3.37. The van der Waals surface area contributed by atoms with Crippen LogP contribution < -0.4 is 10.5 Å². The largest absolute Gasteiger partial charge is 0.451 e. The first-order valence-corrected chi connectivity index (χ1v) is 7.02. The summed E-state index contributed by atoms with van der Waals surface area (Å²) in [6.07, 6.45) is 0.348. The van der Waals surface area contributed by atoms with Gasteiger partial charge in [-0.25, -0.2) is 13.2 Å². The molecule has 2 aromatic carbocycles. The molecule has 0 saturated heterocycles. The third-order valence-electron chi connectivity index (χ3n) is 2.73. The molecule has 0 fully saturated rings. The van der Waals surface area contributed by atoms with Crippen molar-refractivity contribution in [1.82, 2.24) is 0 Å². The normalized spacial score (nSPS) is 12.3. The standard InChI is InChI=1S/C15H13BrF3NO/c1-8(20)4-9-5-13(18)15(14(19)6-9)21-10-2-3-11(16)12(17)7-10/h2-3,5-8H,4,20H2,1H3. The highest BCUT2D eigenvalue weighted by Gasteiger charge is 2.15. The fourth-order valence-electron chi connectivity index (χ4n) is 1.86. The molecular formula is C15H13BrF3NO. The van der Waals surface area contributed by atoms with Gasteiger partial charge < -0.3 is 10.5 Å². The van der Waals surface area contributed by atoms with Gasteiger partial charge in [0.2, 0.25) is 0 Å². The average molecular weight is 360 g/mol. The SMILES string of the molecule is CC(N)Cc1cc(F)c(Oc2ccc(Br)c(F)c2)c(F)c1. The Morgan fingerprint density at radius 1 is 1.10 bits per heavy atom. The number of nitrogens with two attached hydrogens (primary N) is 1. The molecular weight excluding hydrogens is 347 g/mol. The lowest BCUT2D eigenvalue weighted by molar-refractivity contribution is 0.403.